The number of hydrogen-bond donors (Lipinski definition) is 2. The van der Waals surface area contributed by atoms with Gasteiger partial charge in [0.05, 0.1) is 40.0 Å². The van der Waals surface area contributed by atoms with E-state index in [2.05, 4.69) is 47.5 Å². The summed E-state index contributed by atoms with van der Waals surface area (Å²) in [6, 6.07) is 6.18. The van der Waals surface area contributed by atoms with Crippen LogP contribution in [0, 0.1) is 0 Å². The van der Waals surface area contributed by atoms with E-state index in [0.29, 0.717) is 6.54 Å². The molecule has 1 aliphatic rings. The fraction of sp³-hybridized carbons (Fsp3) is 0.682. The van der Waals surface area contributed by atoms with Crippen LogP contribution in [0.3, 0.4) is 0 Å². The van der Waals surface area contributed by atoms with Gasteiger partial charge in [-0.2, -0.15) is 0 Å². The van der Waals surface area contributed by atoms with E-state index < -0.39 is 0 Å². The fourth-order valence-corrected chi connectivity index (χ4v) is 3.48. The van der Waals surface area contributed by atoms with Crippen LogP contribution < -0.4 is 20.1 Å². The van der Waals surface area contributed by atoms with Crippen molar-refractivity contribution >= 4 is 5.96 Å². The number of hydrogen-bond acceptors (Lipinski definition) is 6. The molecule has 0 saturated carbocycles. The average Bonchev–Trinajstić information content (AvgIpc) is 2.77. The molecule has 1 heterocycles. The molecule has 1 aromatic rings. The molecule has 0 bridgehead atoms. The van der Waals surface area contributed by atoms with Crippen molar-refractivity contribution in [2.24, 2.45) is 4.99 Å². The van der Waals surface area contributed by atoms with Gasteiger partial charge in [-0.05, 0) is 51.7 Å². The van der Waals surface area contributed by atoms with E-state index in [1.54, 1.807) is 14.2 Å². The van der Waals surface area contributed by atoms with Gasteiger partial charge in [0.25, 0.3) is 0 Å². The van der Waals surface area contributed by atoms with E-state index in [1.807, 2.05) is 12.1 Å². The van der Waals surface area contributed by atoms with Crippen molar-refractivity contribution in [1.29, 1.82) is 0 Å². The summed E-state index contributed by atoms with van der Waals surface area (Å²) in [5, 5.41) is 6.81. The van der Waals surface area contributed by atoms with Crippen LogP contribution in [0.5, 0.6) is 11.5 Å². The highest BCUT2D eigenvalue weighted by Crippen LogP contribution is 2.31. The molecular formula is C22H39N5O3. The van der Waals surface area contributed by atoms with Gasteiger partial charge in [0.2, 0.25) is 0 Å². The topological polar surface area (TPSA) is 70.6 Å². The van der Waals surface area contributed by atoms with Crippen LogP contribution in [0.2, 0.25) is 0 Å². The van der Waals surface area contributed by atoms with Crippen molar-refractivity contribution in [2.75, 3.05) is 80.8 Å². The van der Waals surface area contributed by atoms with Gasteiger partial charge in [0.15, 0.2) is 17.5 Å². The number of nitrogens with zero attached hydrogens (tertiary/aromatic N) is 3. The quantitative estimate of drug-likeness (QED) is 0.319. The molecule has 1 aromatic carbocycles. The lowest BCUT2D eigenvalue weighted by Crippen LogP contribution is -2.41. The zero-order chi connectivity index (χ0) is 21.8. The number of rotatable bonds is 11. The second-order valence-electron chi connectivity index (χ2n) is 7.55. The molecule has 1 unspecified atom stereocenters. The first-order valence-corrected chi connectivity index (χ1v) is 10.8. The number of morpholine rings is 1. The van der Waals surface area contributed by atoms with E-state index in [1.165, 1.54) is 0 Å². The lowest BCUT2D eigenvalue weighted by molar-refractivity contribution is 0.0376. The largest absolute Gasteiger partial charge is 0.493 e. The molecule has 8 nitrogen and oxygen atoms in total. The van der Waals surface area contributed by atoms with Gasteiger partial charge >= 0.3 is 0 Å². The van der Waals surface area contributed by atoms with Gasteiger partial charge in [-0.3, -0.25) is 9.89 Å². The minimum Gasteiger partial charge on any atom is -0.493 e. The molecule has 1 atom stereocenters. The molecule has 170 valence electrons. The van der Waals surface area contributed by atoms with Crippen LogP contribution >= 0.6 is 0 Å². The Hall–Kier alpha value is -2.03. The van der Waals surface area contributed by atoms with Crippen LogP contribution in [-0.2, 0) is 4.74 Å². The number of ether oxygens (including phenoxy) is 3. The van der Waals surface area contributed by atoms with E-state index in [0.717, 1.165) is 75.4 Å². The second kappa shape index (κ2) is 13.3. The predicted octanol–water partition coefficient (Wildman–Crippen LogP) is 1.58. The number of methoxy groups -OCH3 is 2. The maximum atomic E-state index is 5.47. The van der Waals surface area contributed by atoms with Crippen LogP contribution in [0.4, 0.5) is 0 Å². The van der Waals surface area contributed by atoms with Crippen molar-refractivity contribution in [3.63, 3.8) is 0 Å². The van der Waals surface area contributed by atoms with Gasteiger partial charge in [-0.25, -0.2) is 0 Å². The number of likely N-dealkylation sites (N-methyl/N-ethyl adjacent to an activating group) is 1. The third-order valence-electron chi connectivity index (χ3n) is 5.23. The molecule has 1 saturated heterocycles. The van der Waals surface area contributed by atoms with Gasteiger partial charge in [-0.1, -0.05) is 6.07 Å². The Balaban J connectivity index is 1.95. The maximum absolute atomic E-state index is 5.47. The van der Waals surface area contributed by atoms with Gasteiger partial charge in [-0.15, -0.1) is 0 Å². The van der Waals surface area contributed by atoms with Crippen molar-refractivity contribution in [3.05, 3.63) is 23.8 Å². The second-order valence-corrected chi connectivity index (χ2v) is 7.55. The summed E-state index contributed by atoms with van der Waals surface area (Å²) in [5.41, 5.74) is 1.14. The van der Waals surface area contributed by atoms with Crippen molar-refractivity contribution in [2.45, 2.75) is 19.4 Å². The number of guanidine groups is 1. The summed E-state index contributed by atoms with van der Waals surface area (Å²) in [6.45, 7) is 9.29. The molecular weight excluding hydrogens is 382 g/mol. The smallest absolute Gasteiger partial charge is 0.191 e. The summed E-state index contributed by atoms with van der Waals surface area (Å²) in [4.78, 5) is 9.47. The molecule has 2 N–H and O–H groups in total. The van der Waals surface area contributed by atoms with Crippen molar-refractivity contribution < 1.29 is 14.2 Å². The standard InChI is InChI=1S/C22H39N5O3/c1-6-23-22(24-10-7-11-27-12-14-30-15-13-27)25-17-19(26(2)3)18-8-9-20(28-4)21(16-18)29-5/h8-9,16,19H,6-7,10-15,17H2,1-5H3,(H2,23,24,25). The summed E-state index contributed by atoms with van der Waals surface area (Å²) in [5.74, 6) is 2.32. The Morgan fingerprint density at radius 2 is 1.90 bits per heavy atom. The molecule has 0 aliphatic carbocycles. The molecule has 0 radical (unpaired) electrons. The van der Waals surface area contributed by atoms with Crippen LogP contribution in [0.25, 0.3) is 0 Å². The van der Waals surface area contributed by atoms with E-state index in [9.17, 15) is 0 Å². The third-order valence-corrected chi connectivity index (χ3v) is 5.23. The lowest BCUT2D eigenvalue weighted by atomic mass is 10.1. The molecule has 2 rings (SSSR count). The third kappa shape index (κ3) is 7.66. The summed E-state index contributed by atoms with van der Waals surface area (Å²) >= 11 is 0. The minimum absolute atomic E-state index is 0.133. The number of nitrogens with one attached hydrogen (secondary N) is 2. The molecule has 1 fully saturated rings. The normalized spacial score (nSPS) is 16.4. The summed E-state index contributed by atoms with van der Waals surface area (Å²) in [7, 11) is 7.45. The lowest BCUT2D eigenvalue weighted by Gasteiger charge is -2.26. The summed E-state index contributed by atoms with van der Waals surface area (Å²) < 4.78 is 16.2. The van der Waals surface area contributed by atoms with Crippen LogP contribution in [0.15, 0.2) is 23.2 Å². The molecule has 1 aliphatic heterocycles. The first kappa shape index (κ1) is 24.2. The fourth-order valence-electron chi connectivity index (χ4n) is 3.48. The van der Waals surface area contributed by atoms with Gasteiger partial charge in [0, 0.05) is 26.2 Å². The Morgan fingerprint density at radius 1 is 1.17 bits per heavy atom. The average molecular weight is 422 g/mol. The monoisotopic (exact) mass is 421 g/mol. The first-order valence-electron chi connectivity index (χ1n) is 10.8. The number of benzene rings is 1. The van der Waals surface area contributed by atoms with E-state index in [-0.39, 0.29) is 6.04 Å². The molecule has 0 amide bonds. The van der Waals surface area contributed by atoms with Crippen molar-refractivity contribution in [1.82, 2.24) is 20.4 Å². The van der Waals surface area contributed by atoms with E-state index in [4.69, 9.17) is 19.2 Å². The maximum Gasteiger partial charge on any atom is 0.191 e. The highest BCUT2D eigenvalue weighted by atomic mass is 16.5. The number of aliphatic imine (C=N–C) groups is 1. The molecule has 0 aromatic heterocycles. The SMILES string of the molecule is CCNC(=NCC(c1ccc(OC)c(OC)c1)N(C)C)NCCCN1CCOCC1. The van der Waals surface area contributed by atoms with Crippen LogP contribution in [0.1, 0.15) is 24.9 Å². The highest BCUT2D eigenvalue weighted by Gasteiger charge is 2.17. The van der Waals surface area contributed by atoms with Crippen LogP contribution in [-0.4, -0.2) is 96.6 Å². The minimum atomic E-state index is 0.133. The first-order chi connectivity index (χ1) is 14.6. The Kier molecular flexibility index (Phi) is 10.8. The Labute approximate surface area is 181 Å². The predicted molar refractivity (Wildman–Crippen MR) is 122 cm³/mol. The molecule has 0 spiro atoms. The highest BCUT2D eigenvalue weighted by molar-refractivity contribution is 5.79. The molecule has 8 heteroatoms. The van der Waals surface area contributed by atoms with Gasteiger partial charge < -0.3 is 29.7 Å². The van der Waals surface area contributed by atoms with Gasteiger partial charge in [0.1, 0.15) is 0 Å². The Morgan fingerprint density at radius 3 is 2.53 bits per heavy atom. The Bertz CT molecular complexity index is 648. The molecule has 30 heavy (non-hydrogen) atoms. The van der Waals surface area contributed by atoms with E-state index >= 15 is 0 Å². The van der Waals surface area contributed by atoms with Crippen molar-refractivity contribution in [3.8, 4) is 11.5 Å². The zero-order valence-electron chi connectivity index (χ0n) is 19.2. The summed E-state index contributed by atoms with van der Waals surface area (Å²) in [6.07, 6.45) is 1.08. The zero-order valence-corrected chi connectivity index (χ0v) is 19.2.